The number of carbonyl (C=O) groups is 1. The number of halogens is 1. The molecule has 4 nitrogen and oxygen atoms in total. The Hall–Kier alpha value is -2.30. The van der Waals surface area contributed by atoms with Gasteiger partial charge in [-0.2, -0.15) is 5.26 Å². The summed E-state index contributed by atoms with van der Waals surface area (Å²) in [6, 6.07) is 7.52. The highest BCUT2D eigenvalue weighted by Crippen LogP contribution is 2.43. The van der Waals surface area contributed by atoms with Gasteiger partial charge in [0.25, 0.3) is 5.91 Å². The van der Waals surface area contributed by atoms with Gasteiger partial charge in [-0.25, -0.2) is 4.39 Å². The van der Waals surface area contributed by atoms with E-state index in [-0.39, 0.29) is 10.5 Å². The molecule has 146 valence electrons. The third-order valence-corrected chi connectivity index (χ3v) is 6.54. The second kappa shape index (κ2) is 7.98. The fourth-order valence-corrected chi connectivity index (χ4v) is 4.98. The Labute approximate surface area is 173 Å². The van der Waals surface area contributed by atoms with Crippen LogP contribution in [0.4, 0.5) is 9.39 Å². The fourth-order valence-electron chi connectivity index (χ4n) is 3.44. The summed E-state index contributed by atoms with van der Waals surface area (Å²) in [5, 5.41) is 16.0. The Bertz CT molecular complexity index is 952. The van der Waals surface area contributed by atoms with E-state index in [9.17, 15) is 14.4 Å². The molecule has 1 atom stereocenters. The number of benzene rings is 1. The Balaban J connectivity index is 1.73. The van der Waals surface area contributed by atoms with Crippen molar-refractivity contribution in [2.24, 2.45) is 11.3 Å². The van der Waals surface area contributed by atoms with Crippen molar-refractivity contribution in [2.45, 2.75) is 40.0 Å². The number of amides is 1. The maximum Gasteiger partial charge on any atom is 0.257 e. The minimum absolute atomic E-state index is 0.122. The number of hydrogen-bond acceptors (Lipinski definition) is 4. The SMILES string of the molecule is CC(C)(C)[C@@H]1CCc2c(sc(NC(=S)NC(=O)c3ccc(F)cc3)c2C#N)C1. The third-order valence-electron chi connectivity index (χ3n) is 5.16. The number of nitrogens with one attached hydrogen (secondary N) is 2. The number of anilines is 1. The van der Waals surface area contributed by atoms with Crippen molar-refractivity contribution in [3.63, 3.8) is 0 Å². The van der Waals surface area contributed by atoms with Crippen molar-refractivity contribution >= 4 is 39.6 Å². The molecule has 3 rings (SSSR count). The van der Waals surface area contributed by atoms with Crippen molar-refractivity contribution in [1.82, 2.24) is 5.32 Å². The zero-order valence-electron chi connectivity index (χ0n) is 16.1. The predicted molar refractivity (Wildman–Crippen MR) is 114 cm³/mol. The average Bonchev–Trinajstić information content (AvgIpc) is 2.97. The van der Waals surface area contributed by atoms with Crippen molar-refractivity contribution in [3.8, 4) is 6.07 Å². The molecule has 0 aliphatic heterocycles. The first-order chi connectivity index (χ1) is 13.2. The van der Waals surface area contributed by atoms with E-state index in [1.807, 2.05) is 0 Å². The number of nitriles is 1. The van der Waals surface area contributed by atoms with E-state index < -0.39 is 11.7 Å². The molecule has 7 heteroatoms. The number of nitrogens with zero attached hydrogens (tertiary/aromatic N) is 1. The van der Waals surface area contributed by atoms with E-state index in [1.165, 1.54) is 40.5 Å². The molecule has 0 saturated heterocycles. The number of carbonyl (C=O) groups excluding carboxylic acids is 1. The first kappa shape index (κ1) is 20.4. The quantitative estimate of drug-likeness (QED) is 0.675. The lowest BCUT2D eigenvalue weighted by Gasteiger charge is -2.33. The van der Waals surface area contributed by atoms with Crippen LogP contribution in [0, 0.1) is 28.5 Å². The second-order valence-corrected chi connectivity index (χ2v) is 9.55. The summed E-state index contributed by atoms with van der Waals surface area (Å²) in [5.74, 6) is -0.262. The Morgan fingerprint density at radius 1 is 1.32 bits per heavy atom. The van der Waals surface area contributed by atoms with Crippen molar-refractivity contribution < 1.29 is 9.18 Å². The summed E-state index contributed by atoms with van der Waals surface area (Å²) in [6.07, 6.45) is 2.90. The average molecular weight is 416 g/mol. The van der Waals surface area contributed by atoms with Crippen molar-refractivity contribution in [1.29, 1.82) is 5.26 Å². The van der Waals surface area contributed by atoms with Gasteiger partial charge in [-0.1, -0.05) is 20.8 Å². The van der Waals surface area contributed by atoms with Gasteiger partial charge >= 0.3 is 0 Å². The normalized spacial score (nSPS) is 16.0. The third kappa shape index (κ3) is 4.40. The summed E-state index contributed by atoms with van der Waals surface area (Å²) >= 11 is 6.79. The van der Waals surface area contributed by atoms with E-state index >= 15 is 0 Å². The van der Waals surface area contributed by atoms with E-state index in [0.717, 1.165) is 24.8 Å². The summed E-state index contributed by atoms with van der Waals surface area (Å²) < 4.78 is 13.0. The van der Waals surface area contributed by atoms with Crippen LogP contribution in [0.5, 0.6) is 0 Å². The second-order valence-electron chi connectivity index (χ2n) is 8.04. The molecule has 2 aromatic rings. The van der Waals surface area contributed by atoms with Gasteiger partial charge in [0.1, 0.15) is 16.9 Å². The van der Waals surface area contributed by atoms with Gasteiger partial charge in [0, 0.05) is 10.4 Å². The van der Waals surface area contributed by atoms with Crippen LogP contribution in [0.25, 0.3) is 0 Å². The summed E-state index contributed by atoms with van der Waals surface area (Å²) in [7, 11) is 0. The zero-order valence-corrected chi connectivity index (χ0v) is 17.7. The van der Waals surface area contributed by atoms with E-state index in [1.54, 1.807) is 0 Å². The lowest BCUT2D eigenvalue weighted by atomic mass is 9.72. The Kier molecular flexibility index (Phi) is 5.82. The van der Waals surface area contributed by atoms with Gasteiger partial charge < -0.3 is 5.32 Å². The summed E-state index contributed by atoms with van der Waals surface area (Å²) in [5.41, 5.74) is 2.25. The molecule has 1 aliphatic rings. The first-order valence-electron chi connectivity index (χ1n) is 9.11. The van der Waals surface area contributed by atoms with Gasteiger partial charge in [-0.15, -0.1) is 11.3 Å². The lowest BCUT2D eigenvalue weighted by Crippen LogP contribution is -2.34. The van der Waals surface area contributed by atoms with E-state index in [2.05, 4.69) is 37.5 Å². The standard InChI is InChI=1S/C21H22FN3OS2/c1-21(2,3)13-6-9-15-16(11-23)19(28-17(15)10-13)25-20(27)24-18(26)12-4-7-14(22)8-5-12/h4-5,7-8,13H,6,9-10H2,1-3H3,(H2,24,25,26,27)/t13-/m1/s1. The molecule has 1 aromatic heterocycles. The highest BCUT2D eigenvalue weighted by molar-refractivity contribution is 7.80. The highest BCUT2D eigenvalue weighted by Gasteiger charge is 2.32. The smallest absolute Gasteiger partial charge is 0.257 e. The zero-order chi connectivity index (χ0) is 20.5. The molecule has 28 heavy (non-hydrogen) atoms. The van der Waals surface area contributed by atoms with E-state index in [0.29, 0.717) is 22.0 Å². The van der Waals surface area contributed by atoms with Gasteiger partial charge in [-0.3, -0.25) is 10.1 Å². The molecule has 1 heterocycles. The number of thiophene rings is 1. The summed E-state index contributed by atoms with van der Waals surface area (Å²) in [6.45, 7) is 6.75. The molecular weight excluding hydrogens is 393 g/mol. The maximum absolute atomic E-state index is 13.0. The molecule has 0 unspecified atom stereocenters. The highest BCUT2D eigenvalue weighted by atomic mass is 32.1. The van der Waals surface area contributed by atoms with Crippen LogP contribution in [0.2, 0.25) is 0 Å². The van der Waals surface area contributed by atoms with Gasteiger partial charge in [-0.05, 0) is 72.6 Å². The predicted octanol–water partition coefficient (Wildman–Crippen LogP) is 5.04. The molecule has 0 bridgehead atoms. The minimum Gasteiger partial charge on any atom is -0.323 e. The molecule has 0 saturated carbocycles. The first-order valence-corrected chi connectivity index (χ1v) is 10.3. The van der Waals surface area contributed by atoms with Crippen molar-refractivity contribution in [3.05, 3.63) is 51.7 Å². The van der Waals surface area contributed by atoms with Gasteiger partial charge in [0.2, 0.25) is 0 Å². The maximum atomic E-state index is 13.0. The van der Waals surface area contributed by atoms with Crippen LogP contribution in [-0.4, -0.2) is 11.0 Å². The molecule has 1 amide bonds. The molecule has 0 spiro atoms. The number of hydrogen-bond donors (Lipinski definition) is 2. The largest absolute Gasteiger partial charge is 0.323 e. The lowest BCUT2D eigenvalue weighted by molar-refractivity contribution is 0.0977. The van der Waals surface area contributed by atoms with Crippen LogP contribution in [0.3, 0.4) is 0 Å². The van der Waals surface area contributed by atoms with Crippen LogP contribution in [-0.2, 0) is 12.8 Å². The topological polar surface area (TPSA) is 64.9 Å². The van der Waals surface area contributed by atoms with Crippen LogP contribution >= 0.6 is 23.6 Å². The van der Waals surface area contributed by atoms with Crippen molar-refractivity contribution in [2.75, 3.05) is 5.32 Å². The Morgan fingerprint density at radius 3 is 2.61 bits per heavy atom. The molecule has 1 aliphatic carbocycles. The molecule has 2 N–H and O–H groups in total. The van der Waals surface area contributed by atoms with E-state index in [4.69, 9.17) is 12.2 Å². The van der Waals surface area contributed by atoms with Crippen LogP contribution < -0.4 is 10.6 Å². The minimum atomic E-state index is -0.426. The molecule has 0 fully saturated rings. The Morgan fingerprint density at radius 2 is 2.00 bits per heavy atom. The number of thiocarbonyl (C=S) groups is 1. The van der Waals surface area contributed by atoms with Crippen LogP contribution in [0.1, 0.15) is 53.6 Å². The van der Waals surface area contributed by atoms with Gasteiger partial charge in [0.05, 0.1) is 5.56 Å². The molecule has 1 aromatic carbocycles. The number of rotatable bonds is 2. The molecule has 0 radical (unpaired) electrons. The molecular formula is C21H22FN3OS2. The summed E-state index contributed by atoms with van der Waals surface area (Å²) in [4.78, 5) is 13.5. The monoisotopic (exact) mass is 415 g/mol. The fraction of sp³-hybridized carbons (Fsp3) is 0.381. The van der Waals surface area contributed by atoms with Crippen LogP contribution in [0.15, 0.2) is 24.3 Å². The number of fused-ring (bicyclic) bond motifs is 1. The van der Waals surface area contributed by atoms with Gasteiger partial charge in [0.15, 0.2) is 5.11 Å².